The monoisotopic (exact) mass is 439 g/mol. The lowest BCUT2D eigenvalue weighted by atomic mass is 9.78. The Bertz CT molecular complexity index is 785. The van der Waals surface area contributed by atoms with E-state index in [2.05, 4.69) is 50.5 Å². The van der Waals surface area contributed by atoms with Crippen LogP contribution in [0.1, 0.15) is 42.3 Å². The van der Waals surface area contributed by atoms with Gasteiger partial charge in [-0.3, -0.25) is 0 Å². The maximum atomic E-state index is 5.95. The number of nitrogens with two attached hydrogens (primary N) is 1. The molecular weight excluding hydrogens is 409 g/mol. The van der Waals surface area contributed by atoms with Crippen LogP contribution in [0.25, 0.3) is 0 Å². The number of nitrogens with one attached hydrogen (secondary N) is 1. The maximum Gasteiger partial charge on any atom is 0.156 e. The predicted octanol–water partition coefficient (Wildman–Crippen LogP) is 3.54. The number of nitrogens with zero attached hydrogens (tertiary/aromatic N) is 3. The van der Waals surface area contributed by atoms with E-state index in [1.54, 1.807) is 7.11 Å². The molecule has 0 bridgehead atoms. The first-order chi connectivity index (χ1) is 13.2. The third kappa shape index (κ3) is 5.72. The highest BCUT2D eigenvalue weighted by Crippen LogP contribution is 2.35. The second-order valence-corrected chi connectivity index (χ2v) is 7.60. The molecule has 1 aliphatic heterocycles. The number of halogens is 2. The Labute approximate surface area is 185 Å². The van der Waals surface area contributed by atoms with Crippen LogP contribution in [0.15, 0.2) is 30.3 Å². The van der Waals surface area contributed by atoms with Crippen LogP contribution in [-0.2, 0) is 17.8 Å². The number of aromatic nitrogens is 2. The minimum atomic E-state index is 0. The summed E-state index contributed by atoms with van der Waals surface area (Å²) in [7, 11) is 1.68. The second kappa shape index (κ2) is 11.0. The van der Waals surface area contributed by atoms with Crippen molar-refractivity contribution in [3.63, 3.8) is 0 Å². The number of hydrogen-bond acceptors (Lipinski definition) is 6. The minimum Gasteiger partial charge on any atom is -0.377 e. The molecule has 2 aliphatic rings. The fourth-order valence-electron chi connectivity index (χ4n) is 4.08. The summed E-state index contributed by atoms with van der Waals surface area (Å²) in [6.07, 6.45) is 4.41. The molecule has 4 rings (SSSR count). The first kappa shape index (κ1) is 23.7. The summed E-state index contributed by atoms with van der Waals surface area (Å²) in [6, 6.07) is 11.1. The quantitative estimate of drug-likeness (QED) is 0.686. The predicted molar refractivity (Wildman–Crippen MR) is 123 cm³/mol. The molecule has 0 amide bonds. The number of para-hydroxylation sites is 1. The third-order valence-corrected chi connectivity index (χ3v) is 5.55. The first-order valence-electron chi connectivity index (χ1n) is 9.92. The SMILES string of the molecule is COCc1nc(NCCN2CCCc3ccccc32)cc(C2CC(N)C2)n1.Cl.Cl. The largest absolute Gasteiger partial charge is 0.377 e. The van der Waals surface area contributed by atoms with Crippen molar-refractivity contribution in [3.8, 4) is 0 Å². The van der Waals surface area contributed by atoms with E-state index >= 15 is 0 Å². The normalized spacial score (nSPS) is 20.0. The van der Waals surface area contributed by atoms with E-state index in [-0.39, 0.29) is 24.8 Å². The molecule has 0 spiro atoms. The van der Waals surface area contributed by atoms with Crippen molar-refractivity contribution >= 4 is 36.3 Å². The summed E-state index contributed by atoms with van der Waals surface area (Å²) in [5.41, 5.74) is 9.87. The molecule has 29 heavy (non-hydrogen) atoms. The Morgan fingerprint density at radius 3 is 2.76 bits per heavy atom. The highest BCUT2D eigenvalue weighted by molar-refractivity contribution is 5.85. The highest BCUT2D eigenvalue weighted by Gasteiger charge is 2.29. The Balaban J connectivity index is 0.00000150. The van der Waals surface area contributed by atoms with E-state index in [1.807, 2.05) is 0 Å². The van der Waals surface area contributed by atoms with Gasteiger partial charge in [-0.15, -0.1) is 24.8 Å². The number of benzene rings is 1. The molecule has 8 heteroatoms. The van der Waals surface area contributed by atoms with Crippen molar-refractivity contribution in [2.24, 2.45) is 5.73 Å². The van der Waals surface area contributed by atoms with E-state index in [1.165, 1.54) is 24.1 Å². The van der Waals surface area contributed by atoms with Crippen molar-refractivity contribution in [3.05, 3.63) is 47.4 Å². The van der Waals surface area contributed by atoms with Gasteiger partial charge in [0.05, 0.1) is 0 Å². The zero-order chi connectivity index (χ0) is 18.6. The Kier molecular flexibility index (Phi) is 8.96. The van der Waals surface area contributed by atoms with Gasteiger partial charge in [0, 0.05) is 56.2 Å². The fraction of sp³-hybridized carbons (Fsp3) is 0.524. The summed E-state index contributed by atoms with van der Waals surface area (Å²) in [6.45, 7) is 3.36. The van der Waals surface area contributed by atoms with Gasteiger partial charge in [0.25, 0.3) is 0 Å². The van der Waals surface area contributed by atoms with Gasteiger partial charge in [-0.05, 0) is 37.3 Å². The number of fused-ring (bicyclic) bond motifs is 1. The van der Waals surface area contributed by atoms with E-state index in [0.29, 0.717) is 18.6 Å². The summed E-state index contributed by atoms with van der Waals surface area (Å²) >= 11 is 0. The van der Waals surface area contributed by atoms with Gasteiger partial charge in [0.1, 0.15) is 12.4 Å². The van der Waals surface area contributed by atoms with Gasteiger partial charge in [-0.1, -0.05) is 18.2 Å². The lowest BCUT2D eigenvalue weighted by molar-refractivity contribution is 0.177. The van der Waals surface area contributed by atoms with Crippen LogP contribution in [0.2, 0.25) is 0 Å². The molecule has 2 heterocycles. The summed E-state index contributed by atoms with van der Waals surface area (Å²) in [5.74, 6) is 2.08. The topological polar surface area (TPSA) is 76.3 Å². The standard InChI is InChI=1S/C21H29N5O.2ClH/c1-27-14-21-24-18(16-11-17(22)12-16)13-20(25-21)23-8-10-26-9-4-6-15-5-2-3-7-19(15)26;;/h2-3,5,7,13,16-17H,4,6,8-12,14,22H2,1H3,(H,23,24,25);2*1H. The van der Waals surface area contributed by atoms with E-state index in [9.17, 15) is 0 Å². The average Bonchev–Trinajstić information content (AvgIpc) is 2.66. The number of anilines is 2. The van der Waals surface area contributed by atoms with Crippen molar-refractivity contribution in [2.75, 3.05) is 37.0 Å². The Morgan fingerprint density at radius 2 is 2.00 bits per heavy atom. The van der Waals surface area contributed by atoms with Crippen LogP contribution >= 0.6 is 24.8 Å². The molecular formula is C21H31Cl2N5O. The molecule has 0 saturated heterocycles. The van der Waals surface area contributed by atoms with Crippen molar-refractivity contribution in [1.29, 1.82) is 0 Å². The van der Waals surface area contributed by atoms with Crippen LogP contribution in [0.3, 0.4) is 0 Å². The van der Waals surface area contributed by atoms with Gasteiger partial charge in [-0.2, -0.15) is 0 Å². The van der Waals surface area contributed by atoms with Crippen molar-refractivity contribution < 1.29 is 4.74 Å². The van der Waals surface area contributed by atoms with Gasteiger partial charge >= 0.3 is 0 Å². The van der Waals surface area contributed by atoms with Crippen molar-refractivity contribution in [1.82, 2.24) is 9.97 Å². The summed E-state index contributed by atoms with van der Waals surface area (Å²) in [5, 5.41) is 3.50. The van der Waals surface area contributed by atoms with E-state index in [0.717, 1.165) is 49.8 Å². The van der Waals surface area contributed by atoms with Gasteiger partial charge in [0.15, 0.2) is 5.82 Å². The average molecular weight is 440 g/mol. The van der Waals surface area contributed by atoms with Crippen molar-refractivity contribution in [2.45, 2.75) is 44.2 Å². The minimum absolute atomic E-state index is 0. The summed E-state index contributed by atoms with van der Waals surface area (Å²) in [4.78, 5) is 11.7. The highest BCUT2D eigenvalue weighted by atomic mass is 35.5. The van der Waals surface area contributed by atoms with Crippen LogP contribution in [-0.4, -0.2) is 42.8 Å². The number of aryl methyl sites for hydroxylation is 1. The first-order valence-corrected chi connectivity index (χ1v) is 9.92. The fourth-order valence-corrected chi connectivity index (χ4v) is 4.08. The molecule has 0 radical (unpaired) electrons. The third-order valence-electron chi connectivity index (χ3n) is 5.55. The number of hydrogen-bond donors (Lipinski definition) is 2. The molecule has 3 N–H and O–H groups in total. The molecule has 0 unspecified atom stereocenters. The van der Waals surface area contributed by atoms with E-state index < -0.39 is 0 Å². The molecule has 1 fully saturated rings. The molecule has 2 aromatic rings. The molecule has 1 aromatic carbocycles. The lowest BCUT2D eigenvalue weighted by Gasteiger charge is -2.32. The maximum absolute atomic E-state index is 5.95. The zero-order valence-corrected chi connectivity index (χ0v) is 18.5. The lowest BCUT2D eigenvalue weighted by Crippen LogP contribution is -2.35. The van der Waals surface area contributed by atoms with Crippen LogP contribution in [0.5, 0.6) is 0 Å². The van der Waals surface area contributed by atoms with Gasteiger partial charge in [-0.25, -0.2) is 9.97 Å². The molecule has 1 aromatic heterocycles. The second-order valence-electron chi connectivity index (χ2n) is 7.60. The number of methoxy groups -OCH3 is 1. The molecule has 1 aliphatic carbocycles. The Morgan fingerprint density at radius 1 is 1.21 bits per heavy atom. The smallest absolute Gasteiger partial charge is 0.156 e. The van der Waals surface area contributed by atoms with Gasteiger partial charge < -0.3 is 20.7 Å². The molecule has 160 valence electrons. The van der Waals surface area contributed by atoms with Gasteiger partial charge in [0.2, 0.25) is 0 Å². The Hall–Kier alpha value is -1.60. The number of rotatable bonds is 7. The summed E-state index contributed by atoms with van der Waals surface area (Å²) < 4.78 is 5.24. The number of ether oxygens (including phenoxy) is 1. The van der Waals surface area contributed by atoms with E-state index in [4.69, 9.17) is 10.5 Å². The zero-order valence-electron chi connectivity index (χ0n) is 16.8. The van der Waals surface area contributed by atoms with Crippen LogP contribution in [0.4, 0.5) is 11.5 Å². The molecule has 6 nitrogen and oxygen atoms in total. The molecule has 1 saturated carbocycles. The van der Waals surface area contributed by atoms with Crippen LogP contribution < -0.4 is 16.0 Å². The molecule has 0 atom stereocenters. The van der Waals surface area contributed by atoms with Crippen LogP contribution in [0, 0.1) is 0 Å².